The van der Waals surface area contributed by atoms with Gasteiger partial charge < -0.3 is 58.0 Å². The van der Waals surface area contributed by atoms with Gasteiger partial charge >= 0.3 is 12.2 Å². The summed E-state index contributed by atoms with van der Waals surface area (Å²) < 4.78 is 62.7. The summed E-state index contributed by atoms with van der Waals surface area (Å²) in [6.07, 6.45) is 3.56. The largest absolute Gasteiger partial charge is 0.449 e. The van der Waals surface area contributed by atoms with Gasteiger partial charge in [-0.3, -0.25) is 0 Å². The highest BCUT2D eigenvalue weighted by Crippen LogP contribution is 2.44. The molecule has 2 aliphatic rings. The molecule has 2 N–H and O–H groups in total. The predicted molar refractivity (Wildman–Crippen MR) is 302 cm³/mol. The Bertz CT molecular complexity index is 1700. The Morgan fingerprint density at radius 2 is 1.03 bits per heavy atom. The van der Waals surface area contributed by atoms with Crippen LogP contribution in [0.15, 0.2) is 48.5 Å². The number of rotatable bonds is 42. The highest BCUT2D eigenvalue weighted by molar-refractivity contribution is 7.99. The van der Waals surface area contributed by atoms with Crippen LogP contribution in [0.1, 0.15) is 104 Å². The van der Waals surface area contributed by atoms with Crippen molar-refractivity contribution in [3.8, 4) is 11.1 Å². The summed E-state index contributed by atoms with van der Waals surface area (Å²) in [6, 6.07) is 16.6. The van der Waals surface area contributed by atoms with Crippen molar-refractivity contribution < 1.29 is 57.0 Å². The summed E-state index contributed by atoms with van der Waals surface area (Å²) in [4.78, 5) is 24.7. The number of benzene rings is 2. The normalized spacial score (nSPS) is 18.6. The number of alkyl carbamates (subject to hydrolysis) is 2. The van der Waals surface area contributed by atoms with Gasteiger partial charge in [0, 0.05) is 51.2 Å². The van der Waals surface area contributed by atoms with Crippen LogP contribution in [0.3, 0.4) is 0 Å². The molecule has 73 heavy (non-hydrogen) atoms. The van der Waals surface area contributed by atoms with E-state index in [2.05, 4.69) is 55.7 Å². The van der Waals surface area contributed by atoms with E-state index < -0.39 is 48.5 Å². The quantitative estimate of drug-likeness (QED) is 0.0606. The van der Waals surface area contributed by atoms with Gasteiger partial charge in [0.2, 0.25) is 0 Å². The van der Waals surface area contributed by atoms with Gasteiger partial charge in [-0.25, -0.2) is 9.59 Å². The molecule has 0 saturated carbocycles. The lowest BCUT2D eigenvalue weighted by atomic mass is 9.98. The average Bonchev–Trinajstić information content (AvgIpc) is 3.70. The zero-order valence-corrected chi connectivity index (χ0v) is 48.2. The smallest absolute Gasteiger partial charge is 0.407 e. The third-order valence-electron chi connectivity index (χ3n) is 11.4. The lowest BCUT2D eigenvalue weighted by Gasteiger charge is -2.46. The molecule has 0 unspecified atom stereocenters. The highest BCUT2D eigenvalue weighted by atomic mass is 32.2. The number of hydrogen-bond acceptors (Lipinski definition) is 16. The molecule has 5 atom stereocenters. The zero-order chi connectivity index (χ0) is 52.2. The number of carbonyl (C=O) groups is 2. The van der Waals surface area contributed by atoms with E-state index in [0.29, 0.717) is 72.6 Å². The van der Waals surface area contributed by atoms with Gasteiger partial charge in [0.1, 0.15) is 36.6 Å². The minimum atomic E-state index is -0.748. The first-order valence-corrected chi connectivity index (χ1v) is 31.5. The van der Waals surface area contributed by atoms with Gasteiger partial charge in [-0.05, 0) is 128 Å². The van der Waals surface area contributed by atoms with E-state index >= 15 is 0 Å². The van der Waals surface area contributed by atoms with Crippen LogP contribution in [-0.4, -0.2) is 180 Å². The van der Waals surface area contributed by atoms with Crippen LogP contribution in [0.25, 0.3) is 11.1 Å². The first-order chi connectivity index (χ1) is 35.7. The number of nitrogens with one attached hydrogen (secondary N) is 2. The van der Waals surface area contributed by atoms with Crippen molar-refractivity contribution in [1.82, 2.24) is 10.6 Å². The molecule has 2 aromatic carbocycles. The van der Waals surface area contributed by atoms with E-state index in [9.17, 15) is 9.59 Å². The molecule has 0 radical (unpaired) electrons. The summed E-state index contributed by atoms with van der Waals surface area (Å²) in [5, 5.41) is 5.64. The number of ether oxygens (including phenoxy) is 10. The molecule has 0 bridgehead atoms. The Balaban J connectivity index is 1.29. The molecular weight excluding hydrogens is 1010 g/mol. The molecule has 14 nitrogen and oxygen atoms in total. The zero-order valence-electron chi connectivity index (χ0n) is 44.9. The molecular formula is C55H90N2O12S4. The molecule has 0 aromatic heterocycles. The van der Waals surface area contributed by atoms with Gasteiger partial charge in [0.25, 0.3) is 0 Å². The van der Waals surface area contributed by atoms with Gasteiger partial charge in [-0.15, -0.1) is 0 Å². The second-order valence-corrected chi connectivity index (χ2v) is 23.7. The molecule has 1 aliphatic heterocycles. The second kappa shape index (κ2) is 39.4. The standard InChI is InChI=1S/C55H90N2O12S4/c1-7-33-70-36-14-24-62-42-48-49(63-25-15-37-71-34-8-2)50(64-26-16-38-72-35-9-3)51(65-27-17-39-73-40-23-57-54(59)69-55(4,5)6)52(68-48)66-32-31-61-30-29-60-28-22-56-53(58)67-41-47-45-20-12-10-18-43(45)44-19-11-13-21-46(44)47/h10-13,18-21,47-52H,7-9,14-17,22-42H2,1-6H3,(H,56,58)(H,57,59)/t48-,49-,50+,51-,52-/m1/s1. The monoisotopic (exact) mass is 1100 g/mol. The maximum absolute atomic E-state index is 12.6. The van der Waals surface area contributed by atoms with E-state index in [4.69, 9.17) is 47.4 Å². The Labute approximate surface area is 455 Å². The van der Waals surface area contributed by atoms with E-state index in [0.717, 1.165) is 91.0 Å². The fourth-order valence-electron chi connectivity index (χ4n) is 8.12. The van der Waals surface area contributed by atoms with Crippen LogP contribution < -0.4 is 10.6 Å². The van der Waals surface area contributed by atoms with Crippen LogP contribution in [-0.2, 0) is 47.4 Å². The summed E-state index contributed by atoms with van der Waals surface area (Å²) in [6.45, 7) is 17.5. The number of fused-ring (bicyclic) bond motifs is 3. The lowest BCUT2D eigenvalue weighted by molar-refractivity contribution is -0.324. The van der Waals surface area contributed by atoms with E-state index in [1.807, 2.05) is 80.3 Å². The Kier molecular flexibility index (Phi) is 34.3. The summed E-state index contributed by atoms with van der Waals surface area (Å²) in [7, 11) is 0. The van der Waals surface area contributed by atoms with Gasteiger partial charge in [0.15, 0.2) is 6.29 Å². The van der Waals surface area contributed by atoms with Gasteiger partial charge in [-0.2, -0.15) is 47.0 Å². The van der Waals surface area contributed by atoms with E-state index in [1.54, 1.807) is 11.8 Å². The van der Waals surface area contributed by atoms with Crippen molar-refractivity contribution in [3.63, 3.8) is 0 Å². The van der Waals surface area contributed by atoms with Crippen LogP contribution in [0.5, 0.6) is 0 Å². The highest BCUT2D eigenvalue weighted by Gasteiger charge is 2.49. The third-order valence-corrected chi connectivity index (χ3v) is 16.3. The van der Waals surface area contributed by atoms with Crippen molar-refractivity contribution in [2.75, 3.05) is 132 Å². The second-order valence-electron chi connectivity index (χ2n) is 18.8. The summed E-state index contributed by atoms with van der Waals surface area (Å²) >= 11 is 7.61. The molecule has 416 valence electrons. The molecule has 1 heterocycles. The first kappa shape index (κ1) is 63.6. The average molecular weight is 1100 g/mol. The minimum absolute atomic E-state index is 0.00501. The fraction of sp³-hybridized carbons (Fsp3) is 0.745. The SMILES string of the molecule is CCCSCCCOC[C@H]1O[C@@H](OCCOCCOCCNC(=O)OCC2c3ccccc3-c3ccccc32)[C@H](OCCCSCCNC(=O)OC(C)(C)C)[C@@H](OCCCSCCC)[C@@H]1OCCCSCCC. The van der Waals surface area contributed by atoms with E-state index in [-0.39, 0.29) is 19.1 Å². The number of thioether (sulfide) groups is 4. The molecule has 18 heteroatoms. The molecule has 1 fully saturated rings. The van der Waals surface area contributed by atoms with Crippen molar-refractivity contribution in [3.05, 3.63) is 59.7 Å². The first-order valence-electron chi connectivity index (χ1n) is 26.9. The van der Waals surface area contributed by atoms with E-state index in [1.165, 1.54) is 22.3 Å². The third kappa shape index (κ3) is 26.3. The lowest BCUT2D eigenvalue weighted by Crippen LogP contribution is -2.62. The molecule has 2 amide bonds. The van der Waals surface area contributed by atoms with Crippen LogP contribution in [0.2, 0.25) is 0 Å². The van der Waals surface area contributed by atoms with Gasteiger partial charge in [0.05, 0.1) is 39.6 Å². The molecule has 0 spiro atoms. The summed E-state index contributed by atoms with van der Waals surface area (Å²) in [5.74, 6) is 8.12. The van der Waals surface area contributed by atoms with Crippen molar-refractivity contribution >= 4 is 59.2 Å². The van der Waals surface area contributed by atoms with Crippen molar-refractivity contribution in [2.45, 2.75) is 129 Å². The van der Waals surface area contributed by atoms with Gasteiger partial charge in [-0.1, -0.05) is 69.3 Å². The maximum atomic E-state index is 12.6. The Morgan fingerprint density at radius 1 is 0.521 bits per heavy atom. The molecule has 2 aromatic rings. The van der Waals surface area contributed by atoms with Crippen LogP contribution in [0.4, 0.5) is 9.59 Å². The Hall–Kier alpha value is -1.94. The fourth-order valence-corrected chi connectivity index (χ4v) is 11.3. The molecule has 1 saturated heterocycles. The Morgan fingerprint density at radius 3 is 1.62 bits per heavy atom. The van der Waals surface area contributed by atoms with Crippen molar-refractivity contribution in [2.24, 2.45) is 0 Å². The minimum Gasteiger partial charge on any atom is -0.449 e. The number of carbonyl (C=O) groups excluding carboxylic acids is 2. The number of hydrogen-bond donors (Lipinski definition) is 2. The molecule has 1 aliphatic carbocycles. The predicted octanol–water partition coefficient (Wildman–Crippen LogP) is 10.7. The summed E-state index contributed by atoms with van der Waals surface area (Å²) in [5.41, 5.74) is 4.20. The van der Waals surface area contributed by atoms with Crippen molar-refractivity contribution in [1.29, 1.82) is 0 Å². The number of amides is 2. The van der Waals surface area contributed by atoms with Crippen LogP contribution in [0, 0.1) is 0 Å². The molecule has 4 rings (SSSR count). The maximum Gasteiger partial charge on any atom is 0.407 e. The van der Waals surface area contributed by atoms with Crippen LogP contribution >= 0.6 is 47.0 Å². The topological polar surface area (TPSA) is 150 Å².